The Balaban J connectivity index is 1.64. The second-order valence-corrected chi connectivity index (χ2v) is 8.99. The zero-order valence-corrected chi connectivity index (χ0v) is 20.8. The summed E-state index contributed by atoms with van der Waals surface area (Å²) in [6.45, 7) is 2.65. The molecule has 0 aromatic heterocycles. The van der Waals surface area contributed by atoms with E-state index in [4.69, 9.17) is 25.8 Å². The quantitative estimate of drug-likeness (QED) is 0.385. The van der Waals surface area contributed by atoms with Gasteiger partial charge >= 0.3 is 5.97 Å². The maximum atomic E-state index is 12.6. The third-order valence-electron chi connectivity index (χ3n) is 4.50. The van der Waals surface area contributed by atoms with Crippen LogP contribution in [0.25, 0.3) is 6.08 Å². The SMILES string of the molecule is COc1cc(/C=C2\SC(=O)N(CC(=O)OC(C)C)C2=O)ccc1OCC(=O)Nc1ccc(Cl)cc1. The number of imide groups is 1. The second-order valence-electron chi connectivity index (χ2n) is 7.56. The molecule has 2 aromatic rings. The van der Waals surface area contributed by atoms with Crippen LogP contribution in [0.15, 0.2) is 47.4 Å². The smallest absolute Gasteiger partial charge is 0.326 e. The van der Waals surface area contributed by atoms with Gasteiger partial charge in [0.1, 0.15) is 6.54 Å². The largest absolute Gasteiger partial charge is 0.493 e. The minimum Gasteiger partial charge on any atom is -0.493 e. The molecule has 9 nitrogen and oxygen atoms in total. The zero-order valence-electron chi connectivity index (χ0n) is 19.2. The lowest BCUT2D eigenvalue weighted by atomic mass is 10.2. The molecule has 2 aromatic carbocycles. The molecule has 3 amide bonds. The number of thioether (sulfide) groups is 1. The number of rotatable bonds is 9. The van der Waals surface area contributed by atoms with E-state index in [0.29, 0.717) is 27.8 Å². The van der Waals surface area contributed by atoms with Crippen molar-refractivity contribution >= 4 is 58.1 Å². The van der Waals surface area contributed by atoms with Gasteiger partial charge in [0.15, 0.2) is 18.1 Å². The van der Waals surface area contributed by atoms with Gasteiger partial charge in [-0.25, -0.2) is 0 Å². The maximum Gasteiger partial charge on any atom is 0.326 e. The van der Waals surface area contributed by atoms with E-state index in [9.17, 15) is 19.2 Å². The highest BCUT2D eigenvalue weighted by atomic mass is 35.5. The van der Waals surface area contributed by atoms with Crippen LogP contribution in [0.1, 0.15) is 19.4 Å². The van der Waals surface area contributed by atoms with Crippen LogP contribution in [-0.2, 0) is 19.1 Å². The van der Waals surface area contributed by atoms with Gasteiger partial charge in [-0.3, -0.25) is 24.1 Å². The number of nitrogens with zero attached hydrogens (tertiary/aromatic N) is 1. The molecule has 1 aliphatic heterocycles. The molecule has 0 bridgehead atoms. The number of carbonyl (C=O) groups is 4. The molecular formula is C24H23ClN2O7S. The number of hydrogen-bond acceptors (Lipinski definition) is 8. The van der Waals surface area contributed by atoms with Gasteiger partial charge in [0.2, 0.25) is 0 Å². The molecule has 3 rings (SSSR count). The Morgan fingerprint density at radius 1 is 1.11 bits per heavy atom. The molecule has 0 atom stereocenters. The summed E-state index contributed by atoms with van der Waals surface area (Å²) in [4.78, 5) is 49.8. The number of amides is 3. The summed E-state index contributed by atoms with van der Waals surface area (Å²) in [5.41, 5.74) is 1.15. The van der Waals surface area contributed by atoms with Gasteiger partial charge in [0, 0.05) is 10.7 Å². The number of esters is 1. The fourth-order valence-corrected chi connectivity index (χ4v) is 3.95. The molecule has 1 N–H and O–H groups in total. The fraction of sp³-hybridized carbons (Fsp3) is 0.250. The van der Waals surface area contributed by atoms with Gasteiger partial charge in [0.05, 0.1) is 18.1 Å². The Morgan fingerprint density at radius 3 is 2.49 bits per heavy atom. The molecular weight excluding hydrogens is 496 g/mol. The number of halogens is 1. The third-order valence-corrected chi connectivity index (χ3v) is 5.66. The summed E-state index contributed by atoms with van der Waals surface area (Å²) in [5, 5.41) is 2.69. The standard InChI is InChI=1S/C24H23ClN2O7S/c1-14(2)34-22(29)12-27-23(30)20(35-24(27)31)11-15-4-9-18(19(10-15)32-3)33-13-21(28)26-17-7-5-16(25)6-8-17/h4-11,14H,12-13H2,1-3H3,(H,26,28)/b20-11-. The monoisotopic (exact) mass is 518 g/mol. The third kappa shape index (κ3) is 7.24. The lowest BCUT2D eigenvalue weighted by molar-refractivity contribution is -0.149. The van der Waals surface area contributed by atoms with Gasteiger partial charge in [-0.1, -0.05) is 17.7 Å². The highest BCUT2D eigenvalue weighted by Crippen LogP contribution is 2.34. The Kier molecular flexibility index (Phi) is 8.78. The summed E-state index contributed by atoms with van der Waals surface area (Å²) in [7, 11) is 1.44. The van der Waals surface area contributed by atoms with Crippen molar-refractivity contribution in [3.05, 3.63) is 58.0 Å². The van der Waals surface area contributed by atoms with Crippen LogP contribution in [0.5, 0.6) is 11.5 Å². The average molecular weight is 519 g/mol. The Labute approximate surface area is 211 Å². The number of nitrogens with one attached hydrogen (secondary N) is 1. The van der Waals surface area contributed by atoms with E-state index >= 15 is 0 Å². The van der Waals surface area contributed by atoms with Crippen LogP contribution in [0.4, 0.5) is 10.5 Å². The average Bonchev–Trinajstić information content (AvgIpc) is 3.06. The number of ether oxygens (including phenoxy) is 3. The molecule has 1 saturated heterocycles. The van der Waals surface area contributed by atoms with Crippen LogP contribution in [0.3, 0.4) is 0 Å². The number of methoxy groups -OCH3 is 1. The first-order valence-electron chi connectivity index (χ1n) is 10.5. The molecule has 35 heavy (non-hydrogen) atoms. The number of benzene rings is 2. The van der Waals surface area contributed by atoms with Crippen molar-refractivity contribution in [1.29, 1.82) is 0 Å². The first-order chi connectivity index (χ1) is 16.7. The Bertz CT molecular complexity index is 1160. The fourth-order valence-electron chi connectivity index (χ4n) is 2.98. The van der Waals surface area contributed by atoms with Crippen molar-refractivity contribution in [1.82, 2.24) is 4.90 Å². The number of hydrogen-bond donors (Lipinski definition) is 1. The topological polar surface area (TPSA) is 111 Å². The van der Waals surface area contributed by atoms with E-state index in [0.717, 1.165) is 16.7 Å². The van der Waals surface area contributed by atoms with Crippen molar-refractivity contribution in [3.8, 4) is 11.5 Å². The maximum absolute atomic E-state index is 12.6. The van der Waals surface area contributed by atoms with Gasteiger partial charge < -0.3 is 19.5 Å². The van der Waals surface area contributed by atoms with Gasteiger partial charge in [0.25, 0.3) is 17.1 Å². The van der Waals surface area contributed by atoms with Gasteiger partial charge in [-0.05, 0) is 73.6 Å². The van der Waals surface area contributed by atoms with E-state index < -0.39 is 23.7 Å². The number of carbonyl (C=O) groups excluding carboxylic acids is 4. The van der Waals surface area contributed by atoms with Crippen molar-refractivity contribution in [3.63, 3.8) is 0 Å². The highest BCUT2D eigenvalue weighted by Gasteiger charge is 2.36. The zero-order chi connectivity index (χ0) is 25.5. The minimum absolute atomic E-state index is 0.158. The van der Waals surface area contributed by atoms with Crippen LogP contribution >= 0.6 is 23.4 Å². The van der Waals surface area contributed by atoms with Crippen LogP contribution in [-0.4, -0.2) is 54.3 Å². The van der Waals surface area contributed by atoms with E-state index in [1.54, 1.807) is 56.3 Å². The van der Waals surface area contributed by atoms with Crippen molar-refractivity contribution in [2.24, 2.45) is 0 Å². The first kappa shape index (κ1) is 26.1. The second kappa shape index (κ2) is 11.8. The molecule has 0 unspecified atom stereocenters. The van der Waals surface area contributed by atoms with E-state index in [1.807, 2.05) is 0 Å². The predicted molar refractivity (Wildman–Crippen MR) is 132 cm³/mol. The Morgan fingerprint density at radius 2 is 1.83 bits per heavy atom. The van der Waals surface area contributed by atoms with Crippen molar-refractivity contribution < 1.29 is 33.4 Å². The summed E-state index contributed by atoms with van der Waals surface area (Å²) in [5.74, 6) is -0.966. The lowest BCUT2D eigenvalue weighted by Crippen LogP contribution is -2.35. The summed E-state index contributed by atoms with van der Waals surface area (Å²) >= 11 is 6.56. The molecule has 184 valence electrons. The molecule has 1 heterocycles. The minimum atomic E-state index is -0.660. The number of anilines is 1. The van der Waals surface area contributed by atoms with Gasteiger partial charge in [-0.2, -0.15) is 0 Å². The molecule has 11 heteroatoms. The lowest BCUT2D eigenvalue weighted by Gasteiger charge is -2.13. The predicted octanol–water partition coefficient (Wildman–Crippen LogP) is 4.35. The van der Waals surface area contributed by atoms with Crippen molar-refractivity contribution in [2.75, 3.05) is 25.6 Å². The van der Waals surface area contributed by atoms with E-state index in [-0.39, 0.29) is 23.5 Å². The van der Waals surface area contributed by atoms with Crippen LogP contribution < -0.4 is 14.8 Å². The molecule has 0 radical (unpaired) electrons. The van der Waals surface area contributed by atoms with E-state index in [2.05, 4.69) is 5.32 Å². The summed E-state index contributed by atoms with van der Waals surface area (Å²) in [6.07, 6.45) is 1.16. The van der Waals surface area contributed by atoms with Gasteiger partial charge in [-0.15, -0.1) is 0 Å². The summed E-state index contributed by atoms with van der Waals surface area (Å²) < 4.78 is 15.9. The normalized spacial score (nSPS) is 14.4. The molecule has 1 fully saturated rings. The summed E-state index contributed by atoms with van der Waals surface area (Å²) in [6, 6.07) is 11.5. The molecule has 0 spiro atoms. The highest BCUT2D eigenvalue weighted by molar-refractivity contribution is 8.18. The molecule has 0 saturated carbocycles. The van der Waals surface area contributed by atoms with Crippen molar-refractivity contribution in [2.45, 2.75) is 20.0 Å². The van der Waals surface area contributed by atoms with Crippen LogP contribution in [0.2, 0.25) is 5.02 Å². The van der Waals surface area contributed by atoms with E-state index in [1.165, 1.54) is 13.2 Å². The van der Waals surface area contributed by atoms with Crippen LogP contribution in [0, 0.1) is 0 Å². The molecule has 1 aliphatic rings. The molecule has 0 aliphatic carbocycles. The Hall–Kier alpha value is -3.50. The first-order valence-corrected chi connectivity index (χ1v) is 11.7.